The number of furan rings is 1. The first-order valence-corrected chi connectivity index (χ1v) is 19.5. The van der Waals surface area contributed by atoms with Gasteiger partial charge in [0.25, 0.3) is 0 Å². The molecule has 0 saturated heterocycles. The van der Waals surface area contributed by atoms with Gasteiger partial charge in [0.15, 0.2) is 17.5 Å². The first-order chi connectivity index (χ1) is 28.7. The normalized spacial score (nSPS) is 11.8. The van der Waals surface area contributed by atoms with Gasteiger partial charge in [0.05, 0.1) is 16.7 Å². The Kier molecular flexibility index (Phi) is 7.16. The van der Waals surface area contributed by atoms with Crippen molar-refractivity contribution in [3.05, 3.63) is 194 Å². The van der Waals surface area contributed by atoms with Crippen LogP contribution in [0.1, 0.15) is 0 Å². The van der Waals surface area contributed by atoms with E-state index in [1.54, 1.807) is 0 Å². The predicted molar refractivity (Wildman–Crippen MR) is 238 cm³/mol. The van der Waals surface area contributed by atoms with Gasteiger partial charge in [0, 0.05) is 43.6 Å². The summed E-state index contributed by atoms with van der Waals surface area (Å²) in [6, 6.07) is 68.1. The number of hydrogen-bond donors (Lipinski definition) is 0. The lowest BCUT2D eigenvalue weighted by Crippen LogP contribution is -2.03. The zero-order chi connectivity index (χ0) is 38.2. The van der Waals surface area contributed by atoms with Gasteiger partial charge in [-0.05, 0) is 69.8 Å². The highest BCUT2D eigenvalue weighted by Crippen LogP contribution is 2.44. The summed E-state index contributed by atoms with van der Waals surface area (Å²) in [6.07, 6.45) is 0. The second kappa shape index (κ2) is 12.8. The monoisotopic (exact) mass is 740 g/mol. The van der Waals surface area contributed by atoms with Crippen LogP contribution in [0.2, 0.25) is 0 Å². The van der Waals surface area contributed by atoms with E-state index in [0.29, 0.717) is 17.5 Å². The van der Waals surface area contributed by atoms with Crippen molar-refractivity contribution in [2.24, 2.45) is 0 Å². The molecule has 0 radical (unpaired) electrons. The van der Waals surface area contributed by atoms with Crippen molar-refractivity contribution in [1.82, 2.24) is 19.5 Å². The molecule has 0 fully saturated rings. The Hall–Kier alpha value is -7.89. The first-order valence-electron chi connectivity index (χ1n) is 19.5. The van der Waals surface area contributed by atoms with Crippen molar-refractivity contribution in [3.63, 3.8) is 0 Å². The summed E-state index contributed by atoms with van der Waals surface area (Å²) in [5.41, 5.74) is 9.87. The summed E-state index contributed by atoms with van der Waals surface area (Å²) in [7, 11) is 0. The standard InChI is InChI=1S/C53H32N4O/c1-3-15-33(16-4-1)43-32-47(57-45-25-13-11-22-39(45)44-29-35-19-7-8-20-36(35)30-46(44)57)38-21-9-10-24-42(38)50(43)53-55-51(34-17-5-2-6-18-34)54-52(56-53)37-27-28-41-40-23-12-14-26-48(40)58-49(41)31-37/h1-32H. The minimum absolute atomic E-state index is 0.577. The fourth-order valence-corrected chi connectivity index (χ4v) is 8.74. The Morgan fingerprint density at radius 1 is 0.345 bits per heavy atom. The largest absolute Gasteiger partial charge is 0.456 e. The maximum Gasteiger partial charge on any atom is 0.165 e. The molecular weight excluding hydrogens is 709 g/mol. The maximum absolute atomic E-state index is 6.34. The number of benzene rings is 9. The summed E-state index contributed by atoms with van der Waals surface area (Å²) in [4.78, 5) is 15.8. The highest BCUT2D eigenvalue weighted by Gasteiger charge is 2.23. The van der Waals surface area contributed by atoms with Gasteiger partial charge >= 0.3 is 0 Å². The van der Waals surface area contributed by atoms with Crippen molar-refractivity contribution < 1.29 is 4.42 Å². The number of rotatable bonds is 5. The summed E-state index contributed by atoms with van der Waals surface area (Å²) >= 11 is 0. The van der Waals surface area contributed by atoms with Crippen molar-refractivity contribution >= 4 is 65.3 Å². The molecule has 12 aromatic rings. The average Bonchev–Trinajstić information content (AvgIpc) is 3.83. The summed E-state index contributed by atoms with van der Waals surface area (Å²) < 4.78 is 8.78. The van der Waals surface area contributed by atoms with Crippen molar-refractivity contribution in [3.8, 4) is 51.0 Å². The van der Waals surface area contributed by atoms with Gasteiger partial charge in [-0.25, -0.2) is 15.0 Å². The van der Waals surface area contributed by atoms with Gasteiger partial charge in [-0.2, -0.15) is 0 Å². The second-order valence-corrected chi connectivity index (χ2v) is 14.8. The lowest BCUT2D eigenvalue weighted by atomic mass is 9.92. The molecule has 0 saturated carbocycles. The van der Waals surface area contributed by atoms with Crippen molar-refractivity contribution in [2.75, 3.05) is 0 Å². The van der Waals surface area contributed by atoms with Gasteiger partial charge in [-0.15, -0.1) is 0 Å². The summed E-state index contributed by atoms with van der Waals surface area (Å²) in [5.74, 6) is 1.78. The third-order valence-electron chi connectivity index (χ3n) is 11.4. The molecule has 0 atom stereocenters. The second-order valence-electron chi connectivity index (χ2n) is 14.8. The molecule has 12 rings (SSSR count). The summed E-state index contributed by atoms with van der Waals surface area (Å²) in [6.45, 7) is 0. The molecule has 3 heterocycles. The van der Waals surface area contributed by atoms with E-state index in [9.17, 15) is 0 Å². The van der Waals surface area contributed by atoms with E-state index in [4.69, 9.17) is 19.4 Å². The van der Waals surface area contributed by atoms with Crippen LogP contribution in [0.25, 0.3) is 116 Å². The van der Waals surface area contributed by atoms with E-state index in [1.165, 1.54) is 21.5 Å². The molecule has 9 aromatic carbocycles. The minimum Gasteiger partial charge on any atom is -0.456 e. The highest BCUT2D eigenvalue weighted by atomic mass is 16.3. The number of fused-ring (bicyclic) bond motifs is 8. The maximum atomic E-state index is 6.34. The Labute approximate surface area is 333 Å². The number of nitrogens with zero attached hydrogens (tertiary/aromatic N) is 4. The first kappa shape index (κ1) is 32.4. The van der Waals surface area contributed by atoms with Crippen LogP contribution in [0.3, 0.4) is 0 Å². The molecule has 0 unspecified atom stereocenters. The quantitative estimate of drug-likeness (QED) is 0.176. The van der Waals surface area contributed by atoms with Gasteiger partial charge in [0.1, 0.15) is 11.2 Å². The van der Waals surface area contributed by atoms with Crippen LogP contribution in [0, 0.1) is 0 Å². The zero-order valence-corrected chi connectivity index (χ0v) is 31.2. The predicted octanol–water partition coefficient (Wildman–Crippen LogP) is 13.8. The average molecular weight is 741 g/mol. The lowest BCUT2D eigenvalue weighted by molar-refractivity contribution is 0.669. The van der Waals surface area contributed by atoms with Crippen molar-refractivity contribution in [2.45, 2.75) is 0 Å². The van der Waals surface area contributed by atoms with E-state index in [2.05, 4.69) is 162 Å². The van der Waals surface area contributed by atoms with Crippen LogP contribution in [-0.4, -0.2) is 19.5 Å². The molecular formula is C53H32N4O. The van der Waals surface area contributed by atoms with Gasteiger partial charge in [0.2, 0.25) is 0 Å². The van der Waals surface area contributed by atoms with E-state index >= 15 is 0 Å². The highest BCUT2D eigenvalue weighted by molar-refractivity contribution is 6.16. The van der Waals surface area contributed by atoms with Crippen LogP contribution in [0.5, 0.6) is 0 Å². The number of hydrogen-bond acceptors (Lipinski definition) is 4. The topological polar surface area (TPSA) is 56.7 Å². The van der Waals surface area contributed by atoms with Crippen LogP contribution in [0.4, 0.5) is 0 Å². The molecule has 0 bridgehead atoms. The van der Waals surface area contributed by atoms with Crippen LogP contribution >= 0.6 is 0 Å². The van der Waals surface area contributed by atoms with Gasteiger partial charge in [-0.1, -0.05) is 152 Å². The zero-order valence-electron chi connectivity index (χ0n) is 31.2. The Morgan fingerprint density at radius 3 is 1.72 bits per heavy atom. The smallest absolute Gasteiger partial charge is 0.165 e. The Bertz CT molecular complexity index is 3570. The molecule has 5 heteroatoms. The molecule has 0 aliphatic heterocycles. The molecule has 0 N–H and O–H groups in total. The third kappa shape index (κ3) is 5.07. The Morgan fingerprint density at radius 2 is 0.931 bits per heavy atom. The molecule has 5 nitrogen and oxygen atoms in total. The van der Waals surface area contributed by atoms with E-state index in [1.807, 2.05) is 36.4 Å². The fraction of sp³-hybridized carbons (Fsp3) is 0. The third-order valence-corrected chi connectivity index (χ3v) is 11.4. The van der Waals surface area contributed by atoms with Gasteiger partial charge < -0.3 is 8.98 Å². The van der Waals surface area contributed by atoms with E-state index in [-0.39, 0.29) is 0 Å². The molecule has 270 valence electrons. The van der Waals surface area contributed by atoms with Crippen molar-refractivity contribution in [1.29, 1.82) is 0 Å². The molecule has 0 aliphatic carbocycles. The summed E-state index contributed by atoms with van der Waals surface area (Å²) in [5, 5.41) is 9.16. The Balaban J connectivity index is 1.17. The molecule has 0 amide bonds. The molecule has 58 heavy (non-hydrogen) atoms. The number of para-hydroxylation sites is 2. The SMILES string of the molecule is c1ccc(-c2nc(-c3ccc4c(c3)oc3ccccc34)nc(-c3c(-c4ccccc4)cc(-n4c5ccccc5c5cc6ccccc6cc54)c4ccccc34)n2)cc1. The van der Waals surface area contributed by atoms with E-state index < -0.39 is 0 Å². The fourth-order valence-electron chi connectivity index (χ4n) is 8.74. The molecule has 0 spiro atoms. The minimum atomic E-state index is 0.577. The molecule has 3 aromatic heterocycles. The van der Waals surface area contributed by atoms with E-state index in [0.717, 1.165) is 77.2 Å². The van der Waals surface area contributed by atoms with Crippen LogP contribution in [0.15, 0.2) is 199 Å². The number of aromatic nitrogens is 4. The molecule has 0 aliphatic rings. The van der Waals surface area contributed by atoms with Crippen LogP contribution in [-0.2, 0) is 0 Å². The lowest BCUT2D eigenvalue weighted by Gasteiger charge is -2.19. The van der Waals surface area contributed by atoms with Crippen LogP contribution < -0.4 is 0 Å². The van der Waals surface area contributed by atoms with Gasteiger partial charge in [-0.3, -0.25) is 0 Å².